The molecule has 6 nitrogen and oxygen atoms in total. The number of hydrogen-bond acceptors (Lipinski definition) is 5. The number of hydrazone groups is 1. The molecular weight excluding hydrogens is 486 g/mol. The van der Waals surface area contributed by atoms with Gasteiger partial charge in [0, 0.05) is 25.2 Å². The van der Waals surface area contributed by atoms with Crippen molar-refractivity contribution in [3.05, 3.63) is 130 Å². The number of hydrogen-bond donors (Lipinski definition) is 1. The minimum atomic E-state index is -0.252. The van der Waals surface area contributed by atoms with Crippen LogP contribution in [0.5, 0.6) is 11.5 Å². The number of nitrogens with zero attached hydrogens (tertiary/aromatic N) is 2. The third kappa shape index (κ3) is 7.12. The van der Waals surface area contributed by atoms with Crippen molar-refractivity contribution in [3.8, 4) is 11.5 Å². The largest absolute Gasteiger partial charge is 0.490 e. The zero-order chi connectivity index (χ0) is 26.9. The molecule has 0 saturated heterocycles. The van der Waals surface area contributed by atoms with Gasteiger partial charge in [0.25, 0.3) is 5.91 Å². The second-order valence-electron chi connectivity index (χ2n) is 9.54. The summed E-state index contributed by atoms with van der Waals surface area (Å²) in [5, 5.41) is 4.15. The quantitative estimate of drug-likeness (QED) is 0.207. The van der Waals surface area contributed by atoms with Crippen LogP contribution in [0.15, 0.2) is 102 Å². The molecule has 198 valence electrons. The summed E-state index contributed by atoms with van der Waals surface area (Å²) < 4.78 is 11.7. The Balaban J connectivity index is 1.14. The SMILES string of the molecule is CCOc1cc(/C=N\NC(=O)c2ccc(CN3CCc4ccccc4C3)cc2)ccc1OCc1ccccc1. The predicted octanol–water partition coefficient (Wildman–Crippen LogP) is 5.99. The van der Waals surface area contributed by atoms with Gasteiger partial charge in [-0.2, -0.15) is 5.10 Å². The topological polar surface area (TPSA) is 63.2 Å². The fraction of sp³-hybridized carbons (Fsp3) is 0.212. The Hall–Kier alpha value is -4.42. The van der Waals surface area contributed by atoms with Gasteiger partial charge in [-0.3, -0.25) is 9.69 Å². The minimum absolute atomic E-state index is 0.252. The van der Waals surface area contributed by atoms with Crippen molar-refractivity contribution in [2.75, 3.05) is 13.2 Å². The maximum absolute atomic E-state index is 12.6. The lowest BCUT2D eigenvalue weighted by Gasteiger charge is -2.28. The minimum Gasteiger partial charge on any atom is -0.490 e. The third-order valence-corrected chi connectivity index (χ3v) is 6.72. The smallest absolute Gasteiger partial charge is 0.271 e. The summed E-state index contributed by atoms with van der Waals surface area (Å²) in [4.78, 5) is 15.1. The van der Waals surface area contributed by atoms with Gasteiger partial charge >= 0.3 is 0 Å². The van der Waals surface area contributed by atoms with Crippen molar-refractivity contribution >= 4 is 12.1 Å². The summed E-state index contributed by atoms with van der Waals surface area (Å²) in [6, 6.07) is 32.0. The molecule has 1 aliphatic heterocycles. The van der Waals surface area contributed by atoms with Crippen LogP contribution in [-0.2, 0) is 26.1 Å². The number of carbonyl (C=O) groups is 1. The van der Waals surface area contributed by atoms with Crippen LogP contribution in [0.4, 0.5) is 0 Å². The van der Waals surface area contributed by atoms with E-state index in [0.29, 0.717) is 30.3 Å². The van der Waals surface area contributed by atoms with Crippen LogP contribution < -0.4 is 14.9 Å². The van der Waals surface area contributed by atoms with Crippen molar-refractivity contribution in [1.82, 2.24) is 10.3 Å². The number of rotatable bonds is 10. The lowest BCUT2D eigenvalue weighted by molar-refractivity contribution is 0.0955. The van der Waals surface area contributed by atoms with Crippen LogP contribution in [-0.4, -0.2) is 30.2 Å². The molecule has 1 amide bonds. The van der Waals surface area contributed by atoms with E-state index in [-0.39, 0.29) is 5.91 Å². The van der Waals surface area contributed by atoms with Crippen LogP contribution in [0.1, 0.15) is 45.1 Å². The van der Waals surface area contributed by atoms with E-state index in [1.54, 1.807) is 6.21 Å². The highest BCUT2D eigenvalue weighted by Gasteiger charge is 2.16. The van der Waals surface area contributed by atoms with Crippen LogP contribution in [0.2, 0.25) is 0 Å². The molecule has 4 aromatic rings. The average molecular weight is 520 g/mol. The van der Waals surface area contributed by atoms with Crippen LogP contribution in [0.25, 0.3) is 0 Å². The number of amides is 1. The van der Waals surface area contributed by atoms with Crippen molar-refractivity contribution in [2.24, 2.45) is 5.10 Å². The van der Waals surface area contributed by atoms with Crippen LogP contribution in [0.3, 0.4) is 0 Å². The molecule has 0 unspecified atom stereocenters. The van der Waals surface area contributed by atoms with Gasteiger partial charge in [-0.25, -0.2) is 5.43 Å². The first kappa shape index (κ1) is 26.2. The van der Waals surface area contributed by atoms with Gasteiger partial charge in [0.15, 0.2) is 11.5 Å². The zero-order valence-corrected chi connectivity index (χ0v) is 22.2. The number of nitrogens with one attached hydrogen (secondary N) is 1. The molecule has 0 atom stereocenters. The highest BCUT2D eigenvalue weighted by Crippen LogP contribution is 2.29. The number of ether oxygens (including phenoxy) is 2. The molecule has 4 aromatic carbocycles. The molecule has 0 saturated carbocycles. The van der Waals surface area contributed by atoms with Gasteiger partial charge in [0.1, 0.15) is 6.61 Å². The lowest BCUT2D eigenvalue weighted by atomic mass is 9.99. The van der Waals surface area contributed by atoms with Crippen molar-refractivity contribution in [3.63, 3.8) is 0 Å². The average Bonchev–Trinajstić information content (AvgIpc) is 2.98. The maximum atomic E-state index is 12.6. The first-order valence-electron chi connectivity index (χ1n) is 13.3. The van der Waals surface area contributed by atoms with Gasteiger partial charge in [-0.05, 0) is 71.5 Å². The van der Waals surface area contributed by atoms with Gasteiger partial charge in [0.05, 0.1) is 12.8 Å². The van der Waals surface area contributed by atoms with E-state index in [1.807, 2.05) is 79.7 Å². The van der Waals surface area contributed by atoms with E-state index in [0.717, 1.165) is 37.2 Å². The number of benzene rings is 4. The van der Waals surface area contributed by atoms with E-state index in [4.69, 9.17) is 9.47 Å². The summed E-state index contributed by atoms with van der Waals surface area (Å²) in [6.45, 7) is 5.76. The van der Waals surface area contributed by atoms with E-state index >= 15 is 0 Å². The molecule has 0 spiro atoms. The molecule has 39 heavy (non-hydrogen) atoms. The molecule has 0 radical (unpaired) electrons. The number of carbonyl (C=O) groups excluding carboxylic acids is 1. The molecule has 0 bridgehead atoms. The fourth-order valence-electron chi connectivity index (χ4n) is 4.67. The summed E-state index contributed by atoms with van der Waals surface area (Å²) in [5.74, 6) is 1.05. The Morgan fingerprint density at radius 1 is 0.872 bits per heavy atom. The Morgan fingerprint density at radius 2 is 1.64 bits per heavy atom. The molecule has 1 aliphatic rings. The maximum Gasteiger partial charge on any atom is 0.271 e. The van der Waals surface area contributed by atoms with Gasteiger partial charge in [-0.15, -0.1) is 0 Å². The monoisotopic (exact) mass is 519 g/mol. The van der Waals surface area contributed by atoms with E-state index < -0.39 is 0 Å². The normalized spacial score (nSPS) is 13.2. The molecule has 1 N–H and O–H groups in total. The summed E-state index contributed by atoms with van der Waals surface area (Å²) in [5.41, 5.74) is 9.10. The van der Waals surface area contributed by atoms with E-state index in [9.17, 15) is 4.79 Å². The standard InChI is InChI=1S/C33H33N3O3/c1-2-38-32-20-27(14-17-31(32)39-24-26-8-4-3-5-9-26)21-34-35-33(37)29-15-12-25(13-16-29)22-36-19-18-28-10-6-7-11-30(28)23-36/h3-17,20-21H,2,18-19,22-24H2,1H3,(H,35,37)/b34-21-. The highest BCUT2D eigenvalue weighted by molar-refractivity contribution is 5.95. The summed E-state index contributed by atoms with van der Waals surface area (Å²) in [7, 11) is 0. The first-order chi connectivity index (χ1) is 19.2. The second-order valence-corrected chi connectivity index (χ2v) is 9.54. The number of fused-ring (bicyclic) bond motifs is 1. The zero-order valence-electron chi connectivity index (χ0n) is 22.2. The highest BCUT2D eigenvalue weighted by atomic mass is 16.5. The lowest BCUT2D eigenvalue weighted by Crippen LogP contribution is -2.30. The predicted molar refractivity (Wildman–Crippen MR) is 154 cm³/mol. The Bertz CT molecular complexity index is 1420. The van der Waals surface area contributed by atoms with E-state index in [2.05, 4.69) is 39.7 Å². The fourth-order valence-corrected chi connectivity index (χ4v) is 4.67. The summed E-state index contributed by atoms with van der Waals surface area (Å²) in [6.07, 6.45) is 2.67. The third-order valence-electron chi connectivity index (χ3n) is 6.72. The molecular formula is C33H33N3O3. The molecule has 0 aliphatic carbocycles. The Labute approximate surface area is 229 Å². The Morgan fingerprint density at radius 3 is 2.44 bits per heavy atom. The Kier molecular flexibility index (Phi) is 8.66. The summed E-state index contributed by atoms with van der Waals surface area (Å²) >= 11 is 0. The molecule has 6 heteroatoms. The van der Waals surface area contributed by atoms with E-state index in [1.165, 1.54) is 16.7 Å². The van der Waals surface area contributed by atoms with Crippen molar-refractivity contribution in [1.29, 1.82) is 0 Å². The van der Waals surface area contributed by atoms with Crippen molar-refractivity contribution in [2.45, 2.75) is 33.0 Å². The van der Waals surface area contributed by atoms with Crippen molar-refractivity contribution < 1.29 is 14.3 Å². The van der Waals surface area contributed by atoms with Gasteiger partial charge in [-0.1, -0.05) is 66.7 Å². The second kappa shape index (κ2) is 12.9. The first-order valence-corrected chi connectivity index (χ1v) is 13.3. The van der Waals surface area contributed by atoms with Gasteiger partial charge < -0.3 is 9.47 Å². The van der Waals surface area contributed by atoms with Crippen LogP contribution in [0, 0.1) is 0 Å². The molecule has 5 rings (SSSR count). The molecule has 1 heterocycles. The molecule has 0 fully saturated rings. The van der Waals surface area contributed by atoms with Crippen LogP contribution >= 0.6 is 0 Å². The van der Waals surface area contributed by atoms with Gasteiger partial charge in [0.2, 0.25) is 0 Å². The molecule has 0 aromatic heterocycles.